The number of β-amino-alcohol motifs (C(OH)–C–C–N with tert-alkyl or cyclic N) is 1. The largest absolute Gasteiger partial charge is 0.395 e. The second kappa shape index (κ2) is 7.06. The van der Waals surface area contributed by atoms with E-state index in [0.717, 1.165) is 13.1 Å². The maximum atomic E-state index is 13.6. The number of aromatic amines is 1. The molecule has 1 amide bonds. The van der Waals surface area contributed by atoms with Gasteiger partial charge in [-0.2, -0.15) is 0 Å². The topological polar surface area (TPSA) is 72.5 Å². The number of H-pyrrole nitrogens is 1. The molecule has 0 aliphatic carbocycles. The summed E-state index contributed by atoms with van der Waals surface area (Å²) in [5.41, 5.74) is 0.984. The zero-order valence-corrected chi connectivity index (χ0v) is 13.0. The van der Waals surface area contributed by atoms with E-state index in [0.29, 0.717) is 49.3 Å². The van der Waals surface area contributed by atoms with Gasteiger partial charge in [0.05, 0.1) is 12.1 Å². The molecule has 0 saturated carbocycles. The summed E-state index contributed by atoms with van der Waals surface area (Å²) in [6.45, 7) is 3.77. The minimum atomic E-state index is -0.351. The number of amides is 1. The van der Waals surface area contributed by atoms with Crippen LogP contribution in [0.5, 0.6) is 0 Å². The van der Waals surface area contributed by atoms with E-state index in [1.54, 1.807) is 12.1 Å². The number of carbonyl (C=O) groups excluding carboxylic acids is 1. The van der Waals surface area contributed by atoms with Gasteiger partial charge in [-0.05, 0) is 12.1 Å². The predicted molar refractivity (Wildman–Crippen MR) is 84.5 cm³/mol. The molecule has 0 unspecified atom stereocenters. The van der Waals surface area contributed by atoms with E-state index in [1.807, 2.05) is 4.90 Å². The van der Waals surface area contributed by atoms with Crippen LogP contribution in [0.4, 0.5) is 4.39 Å². The van der Waals surface area contributed by atoms with E-state index in [4.69, 9.17) is 5.11 Å². The van der Waals surface area contributed by atoms with Crippen molar-refractivity contribution in [3.63, 3.8) is 0 Å². The van der Waals surface area contributed by atoms with Crippen molar-refractivity contribution in [1.29, 1.82) is 0 Å². The predicted octanol–water partition coefficient (Wildman–Crippen LogP) is 0.771. The van der Waals surface area contributed by atoms with Crippen LogP contribution in [0, 0.1) is 5.82 Å². The first-order chi connectivity index (χ1) is 11.2. The highest BCUT2D eigenvalue weighted by Gasteiger charge is 2.20. The van der Waals surface area contributed by atoms with E-state index in [2.05, 4.69) is 14.9 Å². The van der Waals surface area contributed by atoms with Crippen LogP contribution in [0.3, 0.4) is 0 Å². The van der Waals surface area contributed by atoms with Gasteiger partial charge in [-0.25, -0.2) is 9.37 Å². The highest BCUT2D eigenvalue weighted by atomic mass is 19.1. The molecule has 1 aliphatic rings. The van der Waals surface area contributed by atoms with E-state index >= 15 is 0 Å². The number of para-hydroxylation sites is 1. The molecule has 0 radical (unpaired) electrons. The lowest BCUT2D eigenvalue weighted by Crippen LogP contribution is -2.49. The molecule has 2 aromatic rings. The lowest BCUT2D eigenvalue weighted by molar-refractivity contribution is -0.133. The Kier molecular flexibility index (Phi) is 4.88. The number of carbonyl (C=O) groups is 1. The smallest absolute Gasteiger partial charge is 0.223 e. The van der Waals surface area contributed by atoms with Gasteiger partial charge in [0.25, 0.3) is 0 Å². The first-order valence-electron chi connectivity index (χ1n) is 7.91. The molecular formula is C16H21FN4O2. The average Bonchev–Trinajstić information content (AvgIpc) is 2.98. The fourth-order valence-corrected chi connectivity index (χ4v) is 2.91. The molecule has 1 aromatic carbocycles. The van der Waals surface area contributed by atoms with Crippen LogP contribution >= 0.6 is 0 Å². The molecule has 0 bridgehead atoms. The molecule has 2 N–H and O–H groups in total. The molecule has 3 rings (SSSR count). The number of aliphatic hydroxyl groups is 1. The number of aromatic nitrogens is 2. The van der Waals surface area contributed by atoms with Crippen LogP contribution in [0.25, 0.3) is 11.0 Å². The summed E-state index contributed by atoms with van der Waals surface area (Å²) in [6.07, 6.45) is 0.839. The van der Waals surface area contributed by atoms with Gasteiger partial charge in [-0.15, -0.1) is 0 Å². The number of hydrogen-bond donors (Lipinski definition) is 2. The Bertz CT molecular complexity index is 680. The standard InChI is InChI=1S/C16H21FN4O2/c17-12-2-1-3-13-16(12)19-14(18-13)4-5-15(23)21-8-6-20(7-9-21)10-11-22/h1-3,22H,4-11H2,(H,18,19). The summed E-state index contributed by atoms with van der Waals surface area (Å²) in [6, 6.07) is 4.79. The van der Waals surface area contributed by atoms with Crippen LogP contribution in [0.2, 0.25) is 0 Å². The fourth-order valence-electron chi connectivity index (χ4n) is 2.91. The molecule has 6 nitrogen and oxygen atoms in total. The SMILES string of the molecule is O=C(CCc1nc2c(F)cccc2[nH]1)N1CCN(CCO)CC1. The third-order valence-electron chi connectivity index (χ3n) is 4.23. The normalized spacial score (nSPS) is 16.2. The lowest BCUT2D eigenvalue weighted by atomic mass is 10.2. The number of imidazole rings is 1. The number of nitrogens with one attached hydrogen (secondary N) is 1. The molecular weight excluding hydrogens is 299 g/mol. The third-order valence-corrected chi connectivity index (χ3v) is 4.23. The zero-order valence-electron chi connectivity index (χ0n) is 13.0. The second-order valence-corrected chi connectivity index (χ2v) is 5.77. The van der Waals surface area contributed by atoms with Gasteiger partial charge in [-0.1, -0.05) is 6.07 Å². The molecule has 0 atom stereocenters. The van der Waals surface area contributed by atoms with Crippen molar-refractivity contribution in [2.24, 2.45) is 0 Å². The minimum Gasteiger partial charge on any atom is -0.395 e. The van der Waals surface area contributed by atoms with Crippen LogP contribution in [-0.4, -0.2) is 70.1 Å². The highest BCUT2D eigenvalue weighted by Crippen LogP contribution is 2.16. The number of aliphatic hydroxyl groups excluding tert-OH is 1. The molecule has 1 fully saturated rings. The average molecular weight is 320 g/mol. The fraction of sp³-hybridized carbons (Fsp3) is 0.500. The summed E-state index contributed by atoms with van der Waals surface area (Å²) in [5.74, 6) is 0.378. The third kappa shape index (κ3) is 3.68. The van der Waals surface area contributed by atoms with Crippen molar-refractivity contribution in [1.82, 2.24) is 19.8 Å². The molecule has 1 saturated heterocycles. The maximum Gasteiger partial charge on any atom is 0.223 e. The minimum absolute atomic E-state index is 0.0922. The molecule has 1 aromatic heterocycles. The van der Waals surface area contributed by atoms with Gasteiger partial charge in [0, 0.05) is 45.6 Å². The van der Waals surface area contributed by atoms with E-state index in [1.165, 1.54) is 6.07 Å². The van der Waals surface area contributed by atoms with E-state index in [-0.39, 0.29) is 18.3 Å². The Morgan fingerprint density at radius 2 is 2.09 bits per heavy atom. The van der Waals surface area contributed by atoms with Crippen molar-refractivity contribution in [2.75, 3.05) is 39.3 Å². The highest BCUT2D eigenvalue weighted by molar-refractivity contribution is 5.77. The number of aryl methyl sites for hydroxylation is 1. The Labute approximate surface area is 133 Å². The molecule has 23 heavy (non-hydrogen) atoms. The number of benzene rings is 1. The van der Waals surface area contributed by atoms with Gasteiger partial charge in [0.2, 0.25) is 5.91 Å². The molecule has 7 heteroatoms. The van der Waals surface area contributed by atoms with Gasteiger partial charge in [0.1, 0.15) is 11.3 Å². The van der Waals surface area contributed by atoms with Crippen LogP contribution in [-0.2, 0) is 11.2 Å². The van der Waals surface area contributed by atoms with Gasteiger partial charge < -0.3 is 15.0 Å². The van der Waals surface area contributed by atoms with Crippen molar-refractivity contribution >= 4 is 16.9 Å². The van der Waals surface area contributed by atoms with Crippen molar-refractivity contribution < 1.29 is 14.3 Å². The molecule has 2 heterocycles. The zero-order chi connectivity index (χ0) is 16.2. The number of rotatable bonds is 5. The Hall–Kier alpha value is -1.99. The first kappa shape index (κ1) is 15.9. The van der Waals surface area contributed by atoms with Gasteiger partial charge in [-0.3, -0.25) is 9.69 Å². The Balaban J connectivity index is 1.53. The van der Waals surface area contributed by atoms with Crippen LogP contribution in [0.1, 0.15) is 12.2 Å². The van der Waals surface area contributed by atoms with Crippen LogP contribution < -0.4 is 0 Å². The van der Waals surface area contributed by atoms with Crippen LogP contribution in [0.15, 0.2) is 18.2 Å². The molecule has 124 valence electrons. The monoisotopic (exact) mass is 320 g/mol. The number of halogens is 1. The van der Waals surface area contributed by atoms with Crippen molar-refractivity contribution in [3.05, 3.63) is 29.8 Å². The van der Waals surface area contributed by atoms with Gasteiger partial charge in [0.15, 0.2) is 5.82 Å². The maximum absolute atomic E-state index is 13.6. The number of piperazine rings is 1. The van der Waals surface area contributed by atoms with E-state index < -0.39 is 0 Å². The Morgan fingerprint density at radius 1 is 1.30 bits per heavy atom. The number of nitrogens with zero attached hydrogens (tertiary/aromatic N) is 3. The first-order valence-corrected chi connectivity index (χ1v) is 7.91. The lowest BCUT2D eigenvalue weighted by Gasteiger charge is -2.34. The van der Waals surface area contributed by atoms with Crippen molar-refractivity contribution in [3.8, 4) is 0 Å². The van der Waals surface area contributed by atoms with E-state index in [9.17, 15) is 9.18 Å². The Morgan fingerprint density at radius 3 is 2.78 bits per heavy atom. The summed E-state index contributed by atoms with van der Waals surface area (Å²) >= 11 is 0. The molecule has 0 spiro atoms. The number of fused-ring (bicyclic) bond motifs is 1. The second-order valence-electron chi connectivity index (χ2n) is 5.77. The number of hydrogen-bond acceptors (Lipinski definition) is 4. The quantitative estimate of drug-likeness (QED) is 0.854. The van der Waals surface area contributed by atoms with Crippen molar-refractivity contribution in [2.45, 2.75) is 12.8 Å². The summed E-state index contributed by atoms with van der Waals surface area (Å²) < 4.78 is 13.6. The summed E-state index contributed by atoms with van der Waals surface area (Å²) in [7, 11) is 0. The summed E-state index contributed by atoms with van der Waals surface area (Å²) in [4.78, 5) is 23.5. The summed E-state index contributed by atoms with van der Waals surface area (Å²) in [5, 5.41) is 8.92. The molecule has 1 aliphatic heterocycles. The van der Waals surface area contributed by atoms with Gasteiger partial charge >= 0.3 is 0 Å².